The van der Waals surface area contributed by atoms with Crippen LogP contribution in [-0.4, -0.2) is 46.3 Å². The highest BCUT2D eigenvalue weighted by Gasteiger charge is 2.14. The highest BCUT2D eigenvalue weighted by Crippen LogP contribution is 2.23. The molecule has 3 aromatic carbocycles. The molecule has 0 spiro atoms. The second kappa shape index (κ2) is 12.0. The number of rotatable bonds is 9. The maximum absolute atomic E-state index is 13.0. The van der Waals surface area contributed by atoms with E-state index in [2.05, 4.69) is 15.8 Å². The summed E-state index contributed by atoms with van der Waals surface area (Å²) in [7, 11) is 6.99. The number of hydrogen-bond donors (Lipinski definition) is 2. The Morgan fingerprint density at radius 2 is 1.63 bits per heavy atom. The van der Waals surface area contributed by atoms with Crippen LogP contribution in [-0.2, 0) is 4.79 Å². The number of nitrogens with zero attached hydrogens (tertiary/aromatic N) is 2. The minimum absolute atomic E-state index is 0.0512. The number of carbonyl (C=O) groups excluding carboxylic acids is 2. The fraction of sp³-hybridized carbons (Fsp3) is 0.148. The SMILES string of the molecule is COc1ccc(/C=N/NC(=O)/C(=C/c2ccc(N(C)C)cc2)NC(=O)c2ccccc2)c(OC)c1. The van der Waals surface area contributed by atoms with E-state index in [-0.39, 0.29) is 5.70 Å². The van der Waals surface area contributed by atoms with Crippen LogP contribution in [0, 0.1) is 0 Å². The smallest absolute Gasteiger partial charge is 0.287 e. The van der Waals surface area contributed by atoms with E-state index < -0.39 is 11.8 Å². The monoisotopic (exact) mass is 472 g/mol. The third-order valence-electron chi connectivity index (χ3n) is 5.06. The lowest BCUT2D eigenvalue weighted by atomic mass is 10.1. The summed E-state index contributed by atoms with van der Waals surface area (Å²) in [6, 6.07) is 21.5. The molecule has 35 heavy (non-hydrogen) atoms. The average Bonchev–Trinajstić information content (AvgIpc) is 2.89. The minimum Gasteiger partial charge on any atom is -0.497 e. The Morgan fingerprint density at radius 1 is 0.914 bits per heavy atom. The molecule has 0 aliphatic carbocycles. The van der Waals surface area contributed by atoms with Gasteiger partial charge in [-0.2, -0.15) is 5.10 Å². The van der Waals surface area contributed by atoms with Crippen LogP contribution in [0.3, 0.4) is 0 Å². The van der Waals surface area contributed by atoms with Crippen LogP contribution in [0.25, 0.3) is 6.08 Å². The molecule has 2 N–H and O–H groups in total. The maximum Gasteiger partial charge on any atom is 0.287 e. The van der Waals surface area contributed by atoms with Crippen molar-refractivity contribution in [3.8, 4) is 11.5 Å². The molecule has 0 aliphatic heterocycles. The second-order valence-electron chi connectivity index (χ2n) is 7.67. The Bertz CT molecular complexity index is 1220. The van der Waals surface area contributed by atoms with Gasteiger partial charge in [0.05, 0.1) is 20.4 Å². The summed E-state index contributed by atoms with van der Waals surface area (Å²) in [5.74, 6) is 0.195. The van der Waals surface area contributed by atoms with Crippen molar-refractivity contribution in [1.29, 1.82) is 0 Å². The number of benzene rings is 3. The third-order valence-corrected chi connectivity index (χ3v) is 5.06. The normalized spacial score (nSPS) is 11.1. The molecule has 3 rings (SSSR count). The molecule has 0 aromatic heterocycles. The Hall–Kier alpha value is -4.59. The van der Waals surface area contributed by atoms with Gasteiger partial charge in [-0.15, -0.1) is 0 Å². The first-order chi connectivity index (χ1) is 16.9. The van der Waals surface area contributed by atoms with Gasteiger partial charge in [-0.25, -0.2) is 5.43 Å². The molecule has 0 fully saturated rings. The molecule has 0 bridgehead atoms. The van der Waals surface area contributed by atoms with Crippen LogP contribution >= 0.6 is 0 Å². The summed E-state index contributed by atoms with van der Waals surface area (Å²) in [6.45, 7) is 0. The predicted molar refractivity (Wildman–Crippen MR) is 138 cm³/mol. The van der Waals surface area contributed by atoms with Crippen molar-refractivity contribution in [2.75, 3.05) is 33.2 Å². The molecule has 0 aliphatic rings. The molecule has 3 aromatic rings. The van der Waals surface area contributed by atoms with Crippen LogP contribution in [0.2, 0.25) is 0 Å². The summed E-state index contributed by atoms with van der Waals surface area (Å²) >= 11 is 0. The van der Waals surface area contributed by atoms with E-state index in [1.807, 2.05) is 49.3 Å². The first-order valence-corrected chi connectivity index (χ1v) is 10.8. The predicted octanol–water partition coefficient (Wildman–Crippen LogP) is 3.69. The van der Waals surface area contributed by atoms with Gasteiger partial charge in [0.1, 0.15) is 17.2 Å². The highest BCUT2D eigenvalue weighted by atomic mass is 16.5. The van der Waals surface area contributed by atoms with Gasteiger partial charge in [-0.3, -0.25) is 9.59 Å². The molecular formula is C27H28N4O4. The number of hydrazone groups is 1. The summed E-state index contributed by atoms with van der Waals surface area (Å²) < 4.78 is 10.5. The van der Waals surface area contributed by atoms with E-state index in [0.717, 1.165) is 11.3 Å². The van der Waals surface area contributed by atoms with Gasteiger partial charge >= 0.3 is 0 Å². The molecule has 0 atom stereocenters. The van der Waals surface area contributed by atoms with Crippen LogP contribution in [0.15, 0.2) is 83.6 Å². The highest BCUT2D eigenvalue weighted by molar-refractivity contribution is 6.05. The molecule has 180 valence electrons. The second-order valence-corrected chi connectivity index (χ2v) is 7.67. The molecular weight excluding hydrogens is 444 g/mol. The fourth-order valence-electron chi connectivity index (χ4n) is 3.12. The number of anilines is 1. The van der Waals surface area contributed by atoms with E-state index >= 15 is 0 Å². The fourth-order valence-corrected chi connectivity index (χ4v) is 3.12. The van der Waals surface area contributed by atoms with Crippen molar-refractivity contribution < 1.29 is 19.1 Å². The Morgan fingerprint density at radius 3 is 2.26 bits per heavy atom. The third kappa shape index (κ3) is 6.94. The largest absolute Gasteiger partial charge is 0.497 e. The van der Waals surface area contributed by atoms with E-state index in [4.69, 9.17) is 9.47 Å². The van der Waals surface area contributed by atoms with Gasteiger partial charge in [0.2, 0.25) is 0 Å². The number of carbonyl (C=O) groups is 2. The van der Waals surface area contributed by atoms with E-state index in [1.54, 1.807) is 55.7 Å². The van der Waals surface area contributed by atoms with E-state index in [1.165, 1.54) is 13.3 Å². The average molecular weight is 473 g/mol. The van der Waals surface area contributed by atoms with Crippen molar-refractivity contribution >= 4 is 29.8 Å². The first kappa shape index (κ1) is 25.0. The Kier molecular flexibility index (Phi) is 8.61. The van der Waals surface area contributed by atoms with Gasteiger partial charge in [-0.05, 0) is 48.0 Å². The Balaban J connectivity index is 1.83. The van der Waals surface area contributed by atoms with Gasteiger partial charge in [-0.1, -0.05) is 30.3 Å². The van der Waals surface area contributed by atoms with Gasteiger partial charge in [0.25, 0.3) is 11.8 Å². The number of amides is 2. The molecule has 0 saturated carbocycles. The summed E-state index contributed by atoms with van der Waals surface area (Å²) in [5, 5.41) is 6.73. The standard InChI is InChI=1S/C27H28N4O4/c1-31(2)22-13-10-19(11-14-22)16-24(29-26(32)20-8-6-5-7-9-20)27(33)30-28-18-21-12-15-23(34-3)17-25(21)35-4/h5-18H,1-4H3,(H,29,32)(H,30,33)/b24-16-,28-18+. The van der Waals surface area contributed by atoms with Crippen LogP contribution in [0.5, 0.6) is 11.5 Å². The topological polar surface area (TPSA) is 92.3 Å². The van der Waals surface area contributed by atoms with Crippen molar-refractivity contribution in [3.05, 3.63) is 95.2 Å². The van der Waals surface area contributed by atoms with Crippen LogP contribution in [0.1, 0.15) is 21.5 Å². The zero-order chi connectivity index (χ0) is 25.2. The molecule has 2 amide bonds. The number of nitrogens with one attached hydrogen (secondary N) is 2. The number of hydrogen-bond acceptors (Lipinski definition) is 6. The van der Waals surface area contributed by atoms with Crippen molar-refractivity contribution in [2.24, 2.45) is 5.10 Å². The molecule has 0 radical (unpaired) electrons. The molecule has 0 heterocycles. The minimum atomic E-state index is -0.574. The lowest BCUT2D eigenvalue weighted by Crippen LogP contribution is -2.32. The lowest BCUT2D eigenvalue weighted by molar-refractivity contribution is -0.117. The van der Waals surface area contributed by atoms with Gasteiger partial charge in [0, 0.05) is 37.0 Å². The van der Waals surface area contributed by atoms with E-state index in [9.17, 15) is 9.59 Å². The number of ether oxygens (including phenoxy) is 2. The maximum atomic E-state index is 13.0. The quantitative estimate of drug-likeness (QED) is 0.282. The van der Waals surface area contributed by atoms with Gasteiger partial charge in [0.15, 0.2) is 0 Å². The molecule has 8 heteroatoms. The number of methoxy groups -OCH3 is 2. The lowest BCUT2D eigenvalue weighted by Gasteiger charge is -2.13. The van der Waals surface area contributed by atoms with Crippen molar-refractivity contribution in [1.82, 2.24) is 10.7 Å². The molecule has 0 unspecified atom stereocenters. The molecule has 8 nitrogen and oxygen atoms in total. The summed E-state index contributed by atoms with van der Waals surface area (Å²) in [4.78, 5) is 27.7. The van der Waals surface area contributed by atoms with Crippen molar-refractivity contribution in [2.45, 2.75) is 0 Å². The van der Waals surface area contributed by atoms with Gasteiger partial charge < -0.3 is 19.7 Å². The van der Waals surface area contributed by atoms with E-state index in [0.29, 0.717) is 22.6 Å². The summed E-state index contributed by atoms with van der Waals surface area (Å²) in [5.41, 5.74) is 5.36. The zero-order valence-electron chi connectivity index (χ0n) is 20.1. The first-order valence-electron chi connectivity index (χ1n) is 10.8. The summed E-state index contributed by atoms with van der Waals surface area (Å²) in [6.07, 6.45) is 3.05. The van der Waals surface area contributed by atoms with Crippen LogP contribution < -0.4 is 25.1 Å². The van der Waals surface area contributed by atoms with Crippen molar-refractivity contribution in [3.63, 3.8) is 0 Å². The Labute approximate surface area is 204 Å². The zero-order valence-corrected chi connectivity index (χ0v) is 20.1. The molecule has 0 saturated heterocycles. The van der Waals surface area contributed by atoms with Crippen LogP contribution in [0.4, 0.5) is 5.69 Å².